The Bertz CT molecular complexity index is 571. The van der Waals surface area contributed by atoms with Crippen molar-refractivity contribution in [3.8, 4) is 0 Å². The van der Waals surface area contributed by atoms with Crippen molar-refractivity contribution in [2.24, 2.45) is 0 Å². The highest BCUT2D eigenvalue weighted by Crippen LogP contribution is 2.24. The number of hydrogen-bond donors (Lipinski definition) is 2. The molecule has 1 saturated heterocycles. The van der Waals surface area contributed by atoms with E-state index >= 15 is 0 Å². The van der Waals surface area contributed by atoms with Crippen LogP contribution in [-0.2, 0) is 11.2 Å². The molecule has 2 aliphatic heterocycles. The molecular weight excluding hydrogens is 266 g/mol. The average molecular weight is 287 g/mol. The van der Waals surface area contributed by atoms with Crippen LogP contribution in [0, 0.1) is 0 Å². The van der Waals surface area contributed by atoms with Crippen LogP contribution in [0.25, 0.3) is 0 Å². The fraction of sp³-hybridized carbons (Fsp3) is 0.500. The summed E-state index contributed by atoms with van der Waals surface area (Å²) in [7, 11) is 0. The highest BCUT2D eigenvalue weighted by atomic mass is 16.2. The molecule has 1 unspecified atom stereocenters. The molecule has 1 atom stereocenters. The Morgan fingerprint density at radius 2 is 2.24 bits per heavy atom. The van der Waals surface area contributed by atoms with Gasteiger partial charge in [0.15, 0.2) is 0 Å². The minimum absolute atomic E-state index is 0.0315. The number of nitrogens with one attached hydrogen (secondary N) is 2. The van der Waals surface area contributed by atoms with E-state index < -0.39 is 0 Å². The molecule has 0 aromatic heterocycles. The zero-order valence-electron chi connectivity index (χ0n) is 12.3. The van der Waals surface area contributed by atoms with Gasteiger partial charge in [0, 0.05) is 43.9 Å². The predicted octanol–water partition coefficient (Wildman–Crippen LogP) is 1.40. The number of piperidine rings is 1. The molecule has 0 aliphatic carbocycles. The van der Waals surface area contributed by atoms with Gasteiger partial charge < -0.3 is 15.5 Å². The molecule has 1 aromatic rings. The molecule has 2 aliphatic rings. The maximum Gasteiger partial charge on any atom is 0.253 e. The lowest BCUT2D eigenvalue weighted by Crippen LogP contribution is -2.49. The van der Waals surface area contributed by atoms with Gasteiger partial charge in [0.1, 0.15) is 0 Å². The number of anilines is 1. The predicted molar refractivity (Wildman–Crippen MR) is 81.4 cm³/mol. The first-order valence-corrected chi connectivity index (χ1v) is 7.56. The van der Waals surface area contributed by atoms with E-state index in [2.05, 4.69) is 10.6 Å². The highest BCUT2D eigenvalue weighted by Gasteiger charge is 2.25. The Hall–Kier alpha value is -2.04. The zero-order chi connectivity index (χ0) is 14.8. The summed E-state index contributed by atoms with van der Waals surface area (Å²) in [4.78, 5) is 25.6. The summed E-state index contributed by atoms with van der Waals surface area (Å²) >= 11 is 0. The molecule has 1 fully saturated rings. The van der Waals surface area contributed by atoms with E-state index in [9.17, 15) is 9.59 Å². The van der Waals surface area contributed by atoms with Crippen LogP contribution < -0.4 is 10.6 Å². The van der Waals surface area contributed by atoms with Crippen molar-refractivity contribution in [3.63, 3.8) is 0 Å². The van der Waals surface area contributed by atoms with Gasteiger partial charge in [-0.1, -0.05) is 6.07 Å². The topological polar surface area (TPSA) is 61.4 Å². The number of likely N-dealkylation sites (tertiary alicyclic amines) is 1. The van der Waals surface area contributed by atoms with E-state index in [-0.39, 0.29) is 17.9 Å². The number of rotatable bonds is 2. The van der Waals surface area contributed by atoms with Crippen molar-refractivity contribution in [2.75, 3.05) is 25.0 Å². The second kappa shape index (κ2) is 5.76. The van der Waals surface area contributed by atoms with E-state index in [1.54, 1.807) is 0 Å². The number of amides is 2. The fourth-order valence-electron chi connectivity index (χ4n) is 3.17. The smallest absolute Gasteiger partial charge is 0.253 e. The van der Waals surface area contributed by atoms with E-state index in [1.807, 2.05) is 23.1 Å². The van der Waals surface area contributed by atoms with Crippen LogP contribution in [0.5, 0.6) is 0 Å². The lowest BCUT2D eigenvalue weighted by atomic mass is 10.0. The molecule has 3 rings (SSSR count). The summed E-state index contributed by atoms with van der Waals surface area (Å²) in [6.07, 6.45) is 2.90. The first-order valence-electron chi connectivity index (χ1n) is 7.56. The van der Waals surface area contributed by atoms with E-state index in [0.29, 0.717) is 6.54 Å². The quantitative estimate of drug-likeness (QED) is 0.864. The van der Waals surface area contributed by atoms with Crippen LogP contribution in [-0.4, -0.2) is 42.4 Å². The molecule has 112 valence electrons. The summed E-state index contributed by atoms with van der Waals surface area (Å²) in [5.74, 6) is 0.0255. The third-order valence-corrected chi connectivity index (χ3v) is 4.18. The number of carbonyl (C=O) groups is 2. The van der Waals surface area contributed by atoms with Gasteiger partial charge in [-0.05, 0) is 37.0 Å². The van der Waals surface area contributed by atoms with Crippen LogP contribution in [0.1, 0.15) is 35.7 Å². The van der Waals surface area contributed by atoms with E-state index in [0.717, 1.165) is 43.6 Å². The van der Waals surface area contributed by atoms with Crippen LogP contribution in [0.3, 0.4) is 0 Å². The summed E-state index contributed by atoms with van der Waals surface area (Å²) in [6.45, 7) is 3.83. The van der Waals surface area contributed by atoms with Crippen LogP contribution in [0.2, 0.25) is 0 Å². The molecule has 5 heteroatoms. The van der Waals surface area contributed by atoms with Gasteiger partial charge in [-0.3, -0.25) is 9.59 Å². The maximum atomic E-state index is 12.6. The van der Waals surface area contributed by atoms with Gasteiger partial charge in [0.2, 0.25) is 5.91 Å². The second-order valence-electron chi connectivity index (χ2n) is 5.84. The SMILES string of the molecule is CC(=O)NC1CCCN(C(=O)c2ccc3c(c2)NCC3)C1. The minimum Gasteiger partial charge on any atom is -0.384 e. The molecule has 1 aromatic carbocycles. The summed E-state index contributed by atoms with van der Waals surface area (Å²) in [5.41, 5.74) is 3.09. The zero-order valence-corrected chi connectivity index (χ0v) is 12.3. The Morgan fingerprint density at radius 3 is 3.05 bits per heavy atom. The van der Waals surface area contributed by atoms with Crippen molar-refractivity contribution in [1.82, 2.24) is 10.2 Å². The highest BCUT2D eigenvalue weighted by molar-refractivity contribution is 5.95. The fourth-order valence-corrected chi connectivity index (χ4v) is 3.17. The maximum absolute atomic E-state index is 12.6. The average Bonchev–Trinajstić information content (AvgIpc) is 2.93. The van der Waals surface area contributed by atoms with Crippen molar-refractivity contribution in [3.05, 3.63) is 29.3 Å². The van der Waals surface area contributed by atoms with Crippen molar-refractivity contribution in [2.45, 2.75) is 32.2 Å². The van der Waals surface area contributed by atoms with Crippen LogP contribution >= 0.6 is 0 Å². The van der Waals surface area contributed by atoms with Crippen molar-refractivity contribution >= 4 is 17.5 Å². The normalized spacial score (nSPS) is 20.6. The van der Waals surface area contributed by atoms with Crippen molar-refractivity contribution in [1.29, 1.82) is 0 Å². The minimum atomic E-state index is -0.0315. The van der Waals surface area contributed by atoms with Gasteiger partial charge in [0.05, 0.1) is 0 Å². The Balaban J connectivity index is 1.71. The van der Waals surface area contributed by atoms with Gasteiger partial charge in [-0.2, -0.15) is 0 Å². The largest absolute Gasteiger partial charge is 0.384 e. The van der Waals surface area contributed by atoms with E-state index in [4.69, 9.17) is 0 Å². The number of hydrogen-bond acceptors (Lipinski definition) is 3. The summed E-state index contributed by atoms with van der Waals surface area (Å²) in [6, 6.07) is 5.98. The molecule has 0 radical (unpaired) electrons. The molecule has 21 heavy (non-hydrogen) atoms. The molecule has 0 saturated carbocycles. The summed E-state index contributed by atoms with van der Waals surface area (Å²) in [5, 5.41) is 6.22. The monoisotopic (exact) mass is 287 g/mol. The lowest BCUT2D eigenvalue weighted by molar-refractivity contribution is -0.120. The second-order valence-corrected chi connectivity index (χ2v) is 5.84. The standard InChI is InChI=1S/C16H21N3O2/c1-11(20)18-14-3-2-8-19(10-14)16(21)13-5-4-12-6-7-17-15(12)9-13/h4-5,9,14,17H,2-3,6-8,10H2,1H3,(H,18,20). The number of fused-ring (bicyclic) bond motifs is 1. The molecule has 5 nitrogen and oxygen atoms in total. The lowest BCUT2D eigenvalue weighted by Gasteiger charge is -2.33. The molecule has 2 N–H and O–H groups in total. The van der Waals surface area contributed by atoms with Gasteiger partial charge >= 0.3 is 0 Å². The van der Waals surface area contributed by atoms with E-state index in [1.165, 1.54) is 12.5 Å². The number of benzene rings is 1. The van der Waals surface area contributed by atoms with Gasteiger partial charge in [0.25, 0.3) is 5.91 Å². The first kappa shape index (κ1) is 13.9. The number of carbonyl (C=O) groups excluding carboxylic acids is 2. The summed E-state index contributed by atoms with van der Waals surface area (Å²) < 4.78 is 0. The molecule has 0 bridgehead atoms. The molecular formula is C16H21N3O2. The third-order valence-electron chi connectivity index (χ3n) is 4.18. The molecule has 2 amide bonds. The van der Waals surface area contributed by atoms with Crippen LogP contribution in [0.4, 0.5) is 5.69 Å². The number of nitrogens with zero attached hydrogens (tertiary/aromatic N) is 1. The van der Waals surface area contributed by atoms with Crippen molar-refractivity contribution < 1.29 is 9.59 Å². The molecule has 2 heterocycles. The van der Waals surface area contributed by atoms with Gasteiger partial charge in [-0.25, -0.2) is 0 Å². The Kier molecular flexibility index (Phi) is 3.82. The third kappa shape index (κ3) is 3.01. The Labute approximate surface area is 124 Å². The first-order chi connectivity index (χ1) is 10.1. The van der Waals surface area contributed by atoms with Gasteiger partial charge in [-0.15, -0.1) is 0 Å². The Morgan fingerprint density at radius 1 is 1.38 bits per heavy atom. The van der Waals surface area contributed by atoms with Crippen LogP contribution in [0.15, 0.2) is 18.2 Å². The molecule has 0 spiro atoms.